The van der Waals surface area contributed by atoms with Crippen molar-refractivity contribution in [2.24, 2.45) is 5.92 Å². The van der Waals surface area contributed by atoms with Crippen molar-refractivity contribution in [3.05, 3.63) is 0 Å². The maximum absolute atomic E-state index is 11.2. The maximum Gasteiger partial charge on any atom is 0.315 e. The molecule has 0 radical (unpaired) electrons. The molecule has 1 rings (SSSR count). The zero-order valence-corrected chi connectivity index (χ0v) is 9.21. The summed E-state index contributed by atoms with van der Waals surface area (Å²) in [7, 11) is 0. The summed E-state index contributed by atoms with van der Waals surface area (Å²) in [5.74, 6) is -0.570. The summed E-state index contributed by atoms with van der Waals surface area (Å²) in [6, 6.07) is 0.136. The van der Waals surface area contributed by atoms with Crippen LogP contribution in [0.5, 0.6) is 0 Å². The molecule has 1 aliphatic rings. The normalized spacial score (nSPS) is 16.7. The summed E-state index contributed by atoms with van der Waals surface area (Å²) >= 11 is 0. The van der Waals surface area contributed by atoms with Crippen molar-refractivity contribution in [3.8, 4) is 0 Å². The molecule has 0 aliphatic heterocycles. The Hall–Kier alpha value is -1.26. The van der Waals surface area contributed by atoms with Gasteiger partial charge in [0.25, 0.3) is 0 Å². The van der Waals surface area contributed by atoms with Gasteiger partial charge in [-0.15, -0.1) is 0 Å². The Morgan fingerprint density at radius 3 is 2.67 bits per heavy atom. The Labute approximate surface area is 89.6 Å². The van der Waals surface area contributed by atoms with Gasteiger partial charge in [-0.05, 0) is 19.8 Å². The Bertz CT molecular complexity index is 239. The van der Waals surface area contributed by atoms with E-state index >= 15 is 0 Å². The van der Waals surface area contributed by atoms with Crippen LogP contribution in [0.15, 0.2) is 0 Å². The van der Waals surface area contributed by atoms with Gasteiger partial charge in [0.2, 0.25) is 0 Å². The molecule has 1 saturated carbocycles. The smallest absolute Gasteiger partial charge is 0.315 e. The lowest BCUT2D eigenvalue weighted by Crippen LogP contribution is -2.40. The molecule has 2 amide bonds. The van der Waals surface area contributed by atoms with E-state index in [0.717, 1.165) is 12.8 Å². The van der Waals surface area contributed by atoms with E-state index in [-0.39, 0.29) is 17.9 Å². The number of nitrogens with one attached hydrogen (secondary N) is 2. The van der Waals surface area contributed by atoms with Crippen molar-refractivity contribution >= 4 is 12.0 Å². The second-order valence-corrected chi connectivity index (χ2v) is 3.78. The molecule has 0 aromatic heterocycles. The van der Waals surface area contributed by atoms with Crippen LogP contribution in [0.4, 0.5) is 4.79 Å². The fourth-order valence-electron chi connectivity index (χ4n) is 1.08. The highest BCUT2D eigenvalue weighted by Crippen LogP contribution is 2.18. The molecule has 1 aliphatic carbocycles. The van der Waals surface area contributed by atoms with Crippen molar-refractivity contribution < 1.29 is 14.3 Å². The van der Waals surface area contributed by atoms with Crippen LogP contribution in [-0.4, -0.2) is 31.2 Å². The molecule has 1 fully saturated rings. The molecule has 0 aromatic carbocycles. The Morgan fingerprint density at radius 1 is 1.47 bits per heavy atom. The van der Waals surface area contributed by atoms with Crippen LogP contribution in [0, 0.1) is 5.92 Å². The van der Waals surface area contributed by atoms with Gasteiger partial charge in [-0.3, -0.25) is 4.79 Å². The number of hydrogen-bond donors (Lipinski definition) is 2. The van der Waals surface area contributed by atoms with Gasteiger partial charge in [0.15, 0.2) is 0 Å². The number of carbonyl (C=O) groups excluding carboxylic acids is 2. The maximum atomic E-state index is 11.2. The molecule has 2 N–H and O–H groups in total. The highest BCUT2D eigenvalue weighted by Gasteiger charge is 2.23. The monoisotopic (exact) mass is 214 g/mol. The van der Waals surface area contributed by atoms with E-state index in [4.69, 9.17) is 4.74 Å². The highest BCUT2D eigenvalue weighted by atomic mass is 16.5. The van der Waals surface area contributed by atoms with Gasteiger partial charge < -0.3 is 15.4 Å². The molecule has 1 unspecified atom stereocenters. The topological polar surface area (TPSA) is 67.4 Å². The van der Waals surface area contributed by atoms with Crippen LogP contribution >= 0.6 is 0 Å². The minimum atomic E-state index is -0.296. The molecule has 86 valence electrons. The number of carbonyl (C=O) groups is 2. The van der Waals surface area contributed by atoms with Crippen molar-refractivity contribution in [2.45, 2.75) is 32.7 Å². The first-order valence-corrected chi connectivity index (χ1v) is 5.34. The largest absolute Gasteiger partial charge is 0.466 e. The predicted octanol–water partition coefficient (Wildman–Crippen LogP) is 0.647. The lowest BCUT2D eigenvalue weighted by atomic mass is 10.2. The summed E-state index contributed by atoms with van der Waals surface area (Å²) in [6.07, 6.45) is 2.11. The molecule has 1 atom stereocenters. The van der Waals surface area contributed by atoms with E-state index in [1.165, 1.54) is 0 Å². The fraction of sp³-hybridized carbons (Fsp3) is 0.800. The van der Waals surface area contributed by atoms with Gasteiger partial charge in [0.05, 0.1) is 12.5 Å². The number of ether oxygens (including phenoxy) is 1. The van der Waals surface area contributed by atoms with Crippen molar-refractivity contribution in [1.82, 2.24) is 10.6 Å². The predicted molar refractivity (Wildman–Crippen MR) is 55.4 cm³/mol. The first-order chi connectivity index (χ1) is 7.13. The molecular formula is C10H18N2O3. The number of hydrogen-bond acceptors (Lipinski definition) is 3. The van der Waals surface area contributed by atoms with Gasteiger partial charge in [0.1, 0.15) is 0 Å². The molecule has 0 saturated heterocycles. The minimum Gasteiger partial charge on any atom is -0.466 e. The summed E-state index contributed by atoms with van der Waals surface area (Å²) in [5, 5.41) is 5.42. The van der Waals surface area contributed by atoms with E-state index in [2.05, 4.69) is 10.6 Å². The molecule has 0 aromatic rings. The molecule has 5 heteroatoms. The van der Waals surface area contributed by atoms with Crippen molar-refractivity contribution in [3.63, 3.8) is 0 Å². The third-order valence-electron chi connectivity index (χ3n) is 2.17. The van der Waals surface area contributed by atoms with Gasteiger partial charge in [-0.2, -0.15) is 0 Å². The van der Waals surface area contributed by atoms with Crippen LogP contribution in [0.1, 0.15) is 26.7 Å². The summed E-state index contributed by atoms with van der Waals surface area (Å²) in [4.78, 5) is 22.4. The average Bonchev–Trinajstić information content (AvgIpc) is 2.98. The van der Waals surface area contributed by atoms with E-state index < -0.39 is 0 Å². The zero-order valence-electron chi connectivity index (χ0n) is 9.21. The van der Waals surface area contributed by atoms with Crippen LogP contribution < -0.4 is 10.6 Å². The SMILES string of the molecule is CCOC(=O)C(C)CNC(=O)NC1CC1. The quantitative estimate of drug-likeness (QED) is 0.660. The van der Waals surface area contributed by atoms with Crippen LogP contribution in [0.2, 0.25) is 0 Å². The average molecular weight is 214 g/mol. The number of esters is 1. The van der Waals surface area contributed by atoms with Gasteiger partial charge in [-0.25, -0.2) is 4.79 Å². The summed E-state index contributed by atoms with van der Waals surface area (Å²) < 4.78 is 4.82. The Morgan fingerprint density at radius 2 is 2.13 bits per heavy atom. The zero-order chi connectivity index (χ0) is 11.3. The second kappa shape index (κ2) is 5.58. The minimum absolute atomic E-state index is 0.200. The van der Waals surface area contributed by atoms with Crippen molar-refractivity contribution in [1.29, 1.82) is 0 Å². The van der Waals surface area contributed by atoms with Crippen LogP contribution in [0.3, 0.4) is 0 Å². The fourth-order valence-corrected chi connectivity index (χ4v) is 1.08. The standard InChI is InChI=1S/C10H18N2O3/c1-3-15-9(13)7(2)6-11-10(14)12-8-4-5-8/h7-8H,3-6H2,1-2H3,(H2,11,12,14). The van der Waals surface area contributed by atoms with E-state index in [0.29, 0.717) is 19.2 Å². The lowest BCUT2D eigenvalue weighted by Gasteiger charge is -2.11. The Balaban J connectivity index is 2.11. The molecule has 15 heavy (non-hydrogen) atoms. The summed E-state index contributed by atoms with van der Waals surface area (Å²) in [6.45, 7) is 4.18. The first-order valence-electron chi connectivity index (χ1n) is 5.34. The second-order valence-electron chi connectivity index (χ2n) is 3.78. The number of rotatable bonds is 5. The third kappa shape index (κ3) is 4.67. The van der Waals surface area contributed by atoms with E-state index in [1.807, 2.05) is 0 Å². The molecular weight excluding hydrogens is 196 g/mol. The third-order valence-corrected chi connectivity index (χ3v) is 2.17. The molecule has 0 spiro atoms. The van der Waals surface area contributed by atoms with Gasteiger partial charge in [-0.1, -0.05) is 6.92 Å². The summed E-state index contributed by atoms with van der Waals surface area (Å²) in [5.41, 5.74) is 0. The Kier molecular flexibility index (Phi) is 4.39. The number of urea groups is 1. The molecule has 0 heterocycles. The highest BCUT2D eigenvalue weighted by molar-refractivity contribution is 5.76. The molecule has 5 nitrogen and oxygen atoms in total. The van der Waals surface area contributed by atoms with Gasteiger partial charge in [0, 0.05) is 12.6 Å². The van der Waals surface area contributed by atoms with Crippen LogP contribution in [-0.2, 0) is 9.53 Å². The first kappa shape index (κ1) is 11.8. The lowest BCUT2D eigenvalue weighted by molar-refractivity contribution is -0.147. The molecule has 0 bridgehead atoms. The van der Waals surface area contributed by atoms with Crippen LogP contribution in [0.25, 0.3) is 0 Å². The van der Waals surface area contributed by atoms with E-state index in [1.54, 1.807) is 13.8 Å². The van der Waals surface area contributed by atoms with Crippen molar-refractivity contribution in [2.75, 3.05) is 13.2 Å². The number of amides is 2. The van der Waals surface area contributed by atoms with Gasteiger partial charge >= 0.3 is 12.0 Å². The van der Waals surface area contributed by atoms with E-state index in [9.17, 15) is 9.59 Å².